The van der Waals surface area contributed by atoms with Gasteiger partial charge in [0, 0.05) is 24.4 Å². The molecule has 8 heteroatoms. The number of nitrogens with zero attached hydrogens (tertiary/aromatic N) is 1. The summed E-state index contributed by atoms with van der Waals surface area (Å²) in [6.07, 6.45) is 1.61. The molecular formula is C29H43N3O5. The van der Waals surface area contributed by atoms with Crippen molar-refractivity contribution in [1.29, 1.82) is 0 Å². The zero-order valence-electron chi connectivity index (χ0n) is 23.3. The molecule has 4 rings (SSSR count). The highest BCUT2D eigenvalue weighted by atomic mass is 16.5. The van der Waals surface area contributed by atoms with Crippen molar-refractivity contribution in [2.75, 3.05) is 18.5 Å². The Morgan fingerprint density at radius 1 is 1.14 bits per heavy atom. The number of hydrogen-bond acceptors (Lipinski definition) is 5. The molecule has 3 heterocycles. The minimum Gasteiger partial charge on any atom is -0.396 e. The average Bonchev–Trinajstić information content (AvgIpc) is 3.27. The fraction of sp³-hybridized carbons (Fsp3) is 0.690. The van der Waals surface area contributed by atoms with Crippen LogP contribution in [0, 0.1) is 23.2 Å². The van der Waals surface area contributed by atoms with Gasteiger partial charge < -0.3 is 25.4 Å². The first-order chi connectivity index (χ1) is 17.2. The maximum Gasteiger partial charge on any atom is 0.246 e. The second-order valence-corrected chi connectivity index (χ2v) is 13.3. The van der Waals surface area contributed by atoms with Gasteiger partial charge in [-0.25, -0.2) is 0 Å². The van der Waals surface area contributed by atoms with Crippen LogP contribution < -0.4 is 10.6 Å². The van der Waals surface area contributed by atoms with Crippen LogP contribution in [0.25, 0.3) is 0 Å². The number of carbonyl (C=O) groups excluding carboxylic acids is 3. The number of ether oxygens (including phenoxy) is 1. The van der Waals surface area contributed by atoms with E-state index in [0.29, 0.717) is 18.5 Å². The number of rotatable bonds is 8. The lowest BCUT2D eigenvalue weighted by Gasteiger charge is -2.38. The highest BCUT2D eigenvalue weighted by Crippen LogP contribution is 2.65. The first kappa shape index (κ1) is 27.6. The summed E-state index contributed by atoms with van der Waals surface area (Å²) in [4.78, 5) is 43.3. The predicted octanol–water partition coefficient (Wildman–Crippen LogP) is 3.35. The number of para-hydroxylation sites is 1. The minimum atomic E-state index is -1.10. The van der Waals surface area contributed by atoms with Crippen molar-refractivity contribution in [1.82, 2.24) is 10.2 Å². The first-order valence-electron chi connectivity index (χ1n) is 13.4. The van der Waals surface area contributed by atoms with Crippen molar-refractivity contribution in [3.63, 3.8) is 0 Å². The Hall–Kier alpha value is -2.45. The Kier molecular flexibility index (Phi) is 6.99. The third-order valence-corrected chi connectivity index (χ3v) is 8.38. The molecular weight excluding hydrogens is 470 g/mol. The van der Waals surface area contributed by atoms with Crippen LogP contribution in [0.1, 0.15) is 67.7 Å². The molecule has 1 aromatic carbocycles. The van der Waals surface area contributed by atoms with Gasteiger partial charge in [-0.2, -0.15) is 0 Å². The molecule has 3 aliphatic rings. The van der Waals surface area contributed by atoms with Crippen LogP contribution in [0.15, 0.2) is 30.3 Å². The molecule has 3 amide bonds. The Labute approximate surface area is 220 Å². The van der Waals surface area contributed by atoms with E-state index in [2.05, 4.69) is 31.4 Å². The highest BCUT2D eigenvalue weighted by Gasteiger charge is 2.79. The van der Waals surface area contributed by atoms with Gasteiger partial charge >= 0.3 is 0 Å². The first-order valence-corrected chi connectivity index (χ1v) is 13.4. The van der Waals surface area contributed by atoms with E-state index in [1.807, 2.05) is 58.0 Å². The predicted molar refractivity (Wildman–Crippen MR) is 142 cm³/mol. The van der Waals surface area contributed by atoms with Crippen molar-refractivity contribution < 1.29 is 24.2 Å². The van der Waals surface area contributed by atoms with Gasteiger partial charge in [-0.15, -0.1) is 0 Å². The van der Waals surface area contributed by atoms with Gasteiger partial charge in [0.1, 0.15) is 11.6 Å². The number of likely N-dealkylation sites (tertiary alicyclic amines) is 1. The maximum atomic E-state index is 14.0. The fourth-order valence-electron chi connectivity index (χ4n) is 7.43. The summed E-state index contributed by atoms with van der Waals surface area (Å²) in [6, 6.07) is 8.31. The van der Waals surface area contributed by atoms with E-state index in [0.717, 1.165) is 6.42 Å². The fourth-order valence-corrected chi connectivity index (χ4v) is 7.43. The van der Waals surface area contributed by atoms with E-state index in [1.165, 1.54) is 0 Å². The summed E-state index contributed by atoms with van der Waals surface area (Å²) in [7, 11) is 0. The molecule has 0 saturated carbocycles. The van der Waals surface area contributed by atoms with Gasteiger partial charge in [0.05, 0.1) is 17.4 Å². The van der Waals surface area contributed by atoms with E-state index in [4.69, 9.17) is 4.74 Å². The van der Waals surface area contributed by atoms with Crippen molar-refractivity contribution in [3.8, 4) is 0 Å². The molecule has 1 aromatic rings. The number of hydrogen-bond donors (Lipinski definition) is 3. The van der Waals surface area contributed by atoms with Gasteiger partial charge in [-0.1, -0.05) is 45.9 Å². The second-order valence-electron chi connectivity index (χ2n) is 13.3. The number of fused-ring (bicyclic) bond motifs is 1. The molecule has 3 fully saturated rings. The number of aliphatic hydroxyl groups is 1. The van der Waals surface area contributed by atoms with Crippen molar-refractivity contribution >= 4 is 23.4 Å². The van der Waals surface area contributed by atoms with Crippen LogP contribution in [-0.2, 0) is 19.1 Å². The van der Waals surface area contributed by atoms with Crippen LogP contribution in [0.5, 0.6) is 0 Å². The lowest BCUT2D eigenvalue weighted by molar-refractivity contribution is -0.147. The Balaban J connectivity index is 1.71. The second kappa shape index (κ2) is 9.38. The molecule has 37 heavy (non-hydrogen) atoms. The number of amides is 3. The number of benzene rings is 1. The number of anilines is 1. The molecule has 3 unspecified atom stereocenters. The van der Waals surface area contributed by atoms with Gasteiger partial charge in [-0.3, -0.25) is 14.4 Å². The maximum absolute atomic E-state index is 14.0. The molecule has 204 valence electrons. The van der Waals surface area contributed by atoms with E-state index < -0.39 is 34.6 Å². The normalized spacial score (nSPS) is 33.0. The molecule has 3 saturated heterocycles. The molecule has 0 radical (unpaired) electrons. The highest BCUT2D eigenvalue weighted by molar-refractivity contribution is 6.02. The molecule has 8 nitrogen and oxygen atoms in total. The zero-order valence-corrected chi connectivity index (χ0v) is 23.3. The van der Waals surface area contributed by atoms with Gasteiger partial charge in [0.25, 0.3) is 0 Å². The third-order valence-electron chi connectivity index (χ3n) is 8.38. The number of carbonyl (C=O) groups is 3. The Morgan fingerprint density at radius 3 is 2.38 bits per heavy atom. The summed E-state index contributed by atoms with van der Waals surface area (Å²) in [5.41, 5.74) is -1.83. The van der Waals surface area contributed by atoms with Crippen molar-refractivity contribution in [2.45, 2.75) is 90.5 Å². The molecule has 1 spiro atoms. The summed E-state index contributed by atoms with van der Waals surface area (Å²) >= 11 is 0. The van der Waals surface area contributed by atoms with Crippen LogP contribution in [0.3, 0.4) is 0 Å². The van der Waals surface area contributed by atoms with E-state index in [9.17, 15) is 19.5 Å². The van der Waals surface area contributed by atoms with Crippen LogP contribution in [0.4, 0.5) is 5.69 Å². The number of aliphatic hydroxyl groups excluding tert-OH is 1. The minimum absolute atomic E-state index is 0.00933. The standard InChI is InChI=1S/C29H43N3O5/c1-18-16-29-21(20(28(18,7)37-29)23(34)30-19-12-9-8-10-13-19)25(36)32(14-11-15-33)22(29)24(35)31-27(5,6)17-26(2,3)4/h8-10,12-13,18,20-22,33H,11,14-17H2,1-7H3,(H,30,34)(H,31,35)/t18?,20-,21-,22?,28+,29?/m0/s1. The topological polar surface area (TPSA) is 108 Å². The lowest BCUT2D eigenvalue weighted by Crippen LogP contribution is -2.59. The van der Waals surface area contributed by atoms with Crippen LogP contribution in [0.2, 0.25) is 0 Å². The third kappa shape index (κ3) is 4.78. The van der Waals surface area contributed by atoms with E-state index >= 15 is 0 Å². The average molecular weight is 514 g/mol. The molecule has 3 aliphatic heterocycles. The van der Waals surface area contributed by atoms with Gasteiger partial charge in [0.15, 0.2) is 0 Å². The van der Waals surface area contributed by atoms with Crippen LogP contribution in [-0.4, -0.2) is 63.7 Å². The summed E-state index contributed by atoms with van der Waals surface area (Å²) in [6.45, 7) is 14.4. The van der Waals surface area contributed by atoms with Crippen molar-refractivity contribution in [3.05, 3.63) is 30.3 Å². The summed E-state index contributed by atoms with van der Waals surface area (Å²) in [5, 5.41) is 15.7. The van der Waals surface area contributed by atoms with Gasteiger partial charge in [-0.05, 0) is 63.5 Å². The largest absolute Gasteiger partial charge is 0.396 e. The SMILES string of the molecule is CC1CC23O[C@@]1(C)[C@H](C(=O)Nc1ccccc1)[C@H]2C(=O)N(CCCO)C3C(=O)NC(C)(C)CC(C)(C)C. The molecule has 6 atom stereocenters. The smallest absolute Gasteiger partial charge is 0.246 e. The Morgan fingerprint density at radius 2 is 1.78 bits per heavy atom. The Bertz CT molecular complexity index is 1050. The molecule has 3 N–H and O–H groups in total. The number of nitrogens with one attached hydrogen (secondary N) is 2. The zero-order chi connectivity index (χ0) is 27.4. The van der Waals surface area contributed by atoms with Crippen LogP contribution >= 0.6 is 0 Å². The summed E-state index contributed by atoms with van der Waals surface area (Å²) in [5.74, 6) is -2.30. The van der Waals surface area contributed by atoms with E-state index in [1.54, 1.807) is 4.90 Å². The monoisotopic (exact) mass is 513 g/mol. The van der Waals surface area contributed by atoms with E-state index in [-0.39, 0.29) is 42.2 Å². The summed E-state index contributed by atoms with van der Waals surface area (Å²) < 4.78 is 6.74. The molecule has 2 bridgehead atoms. The van der Waals surface area contributed by atoms with Crippen molar-refractivity contribution in [2.24, 2.45) is 23.2 Å². The lowest BCUT2D eigenvalue weighted by atomic mass is 9.62. The molecule has 0 aliphatic carbocycles. The van der Waals surface area contributed by atoms with Gasteiger partial charge in [0.2, 0.25) is 17.7 Å². The molecule has 0 aromatic heterocycles. The quantitative estimate of drug-likeness (QED) is 0.494.